The highest BCUT2D eigenvalue weighted by molar-refractivity contribution is 5.49. The zero-order chi connectivity index (χ0) is 12.1. The molecule has 1 aliphatic carbocycles. The SMILES string of the molecule is CN(CCCCCO)c1ncnc2c1CCC2. The topological polar surface area (TPSA) is 49.2 Å². The van der Waals surface area contributed by atoms with Crippen LogP contribution in [0.1, 0.15) is 36.9 Å². The molecule has 0 aromatic carbocycles. The Hall–Kier alpha value is -1.16. The molecule has 0 radical (unpaired) electrons. The first-order valence-corrected chi connectivity index (χ1v) is 6.47. The van der Waals surface area contributed by atoms with Gasteiger partial charge in [0, 0.05) is 31.5 Å². The van der Waals surface area contributed by atoms with Crippen LogP contribution in [0.25, 0.3) is 0 Å². The van der Waals surface area contributed by atoms with Crippen LogP contribution in [0.4, 0.5) is 5.82 Å². The number of anilines is 1. The second-order valence-electron chi connectivity index (χ2n) is 4.68. The van der Waals surface area contributed by atoms with Gasteiger partial charge in [0.1, 0.15) is 12.1 Å². The van der Waals surface area contributed by atoms with Crippen LogP contribution in [0.5, 0.6) is 0 Å². The number of aliphatic hydroxyl groups excluding tert-OH is 1. The van der Waals surface area contributed by atoms with Crippen molar-refractivity contribution in [3.05, 3.63) is 17.6 Å². The quantitative estimate of drug-likeness (QED) is 0.760. The van der Waals surface area contributed by atoms with E-state index in [0.717, 1.165) is 44.5 Å². The molecule has 4 heteroatoms. The molecule has 0 saturated heterocycles. The Labute approximate surface area is 103 Å². The van der Waals surface area contributed by atoms with Crippen LogP contribution in [-0.4, -0.2) is 35.3 Å². The summed E-state index contributed by atoms with van der Waals surface area (Å²) in [5, 5.41) is 8.74. The summed E-state index contributed by atoms with van der Waals surface area (Å²) in [5.41, 5.74) is 2.58. The van der Waals surface area contributed by atoms with Crippen LogP contribution in [-0.2, 0) is 12.8 Å². The standard InChI is InChI=1S/C13H21N3O/c1-16(8-3-2-4-9-17)13-11-6-5-7-12(11)14-10-15-13/h10,17H,2-9H2,1H3. The summed E-state index contributed by atoms with van der Waals surface area (Å²) < 4.78 is 0. The Balaban J connectivity index is 1.95. The van der Waals surface area contributed by atoms with Crippen LogP contribution < -0.4 is 4.90 Å². The van der Waals surface area contributed by atoms with Crippen molar-refractivity contribution in [3.8, 4) is 0 Å². The number of hydrogen-bond donors (Lipinski definition) is 1. The predicted octanol–water partition coefficient (Wildman–Crippen LogP) is 1.56. The molecular weight excluding hydrogens is 214 g/mol. The molecular formula is C13H21N3O. The minimum atomic E-state index is 0.298. The zero-order valence-corrected chi connectivity index (χ0v) is 10.5. The molecule has 1 aromatic rings. The molecule has 1 heterocycles. The highest BCUT2D eigenvalue weighted by Gasteiger charge is 2.18. The fraction of sp³-hybridized carbons (Fsp3) is 0.692. The summed E-state index contributed by atoms with van der Waals surface area (Å²) in [6, 6.07) is 0. The summed E-state index contributed by atoms with van der Waals surface area (Å²) in [6.45, 7) is 1.30. The van der Waals surface area contributed by atoms with E-state index in [4.69, 9.17) is 5.11 Å². The first-order valence-electron chi connectivity index (χ1n) is 6.47. The van der Waals surface area contributed by atoms with Crippen molar-refractivity contribution in [1.82, 2.24) is 9.97 Å². The van der Waals surface area contributed by atoms with E-state index in [9.17, 15) is 0 Å². The van der Waals surface area contributed by atoms with Gasteiger partial charge in [-0.2, -0.15) is 0 Å². The average Bonchev–Trinajstić information content (AvgIpc) is 2.82. The summed E-state index contributed by atoms with van der Waals surface area (Å²) in [5.74, 6) is 1.11. The minimum absolute atomic E-state index is 0.298. The highest BCUT2D eigenvalue weighted by atomic mass is 16.2. The molecule has 2 rings (SSSR count). The second kappa shape index (κ2) is 5.96. The smallest absolute Gasteiger partial charge is 0.135 e. The molecule has 0 spiro atoms. The Morgan fingerprint density at radius 2 is 2.12 bits per heavy atom. The molecule has 0 amide bonds. The van der Waals surface area contributed by atoms with Crippen molar-refractivity contribution >= 4 is 5.82 Å². The fourth-order valence-electron chi connectivity index (χ4n) is 2.41. The van der Waals surface area contributed by atoms with Gasteiger partial charge in [-0.05, 0) is 38.5 Å². The number of aliphatic hydroxyl groups is 1. The van der Waals surface area contributed by atoms with Crippen molar-refractivity contribution in [1.29, 1.82) is 0 Å². The van der Waals surface area contributed by atoms with Crippen molar-refractivity contribution in [2.24, 2.45) is 0 Å². The van der Waals surface area contributed by atoms with E-state index >= 15 is 0 Å². The van der Waals surface area contributed by atoms with E-state index < -0.39 is 0 Å². The molecule has 4 nitrogen and oxygen atoms in total. The molecule has 0 atom stereocenters. The maximum absolute atomic E-state index is 8.74. The van der Waals surface area contributed by atoms with Gasteiger partial charge in [-0.3, -0.25) is 0 Å². The van der Waals surface area contributed by atoms with Crippen LogP contribution >= 0.6 is 0 Å². The van der Waals surface area contributed by atoms with Crippen LogP contribution in [0.3, 0.4) is 0 Å². The van der Waals surface area contributed by atoms with Crippen LogP contribution in [0, 0.1) is 0 Å². The Kier molecular flexibility index (Phi) is 4.31. The van der Waals surface area contributed by atoms with Crippen LogP contribution in [0.2, 0.25) is 0 Å². The number of hydrogen-bond acceptors (Lipinski definition) is 4. The molecule has 1 N–H and O–H groups in total. The lowest BCUT2D eigenvalue weighted by molar-refractivity contribution is 0.283. The summed E-state index contributed by atoms with van der Waals surface area (Å²) >= 11 is 0. The highest BCUT2D eigenvalue weighted by Crippen LogP contribution is 2.27. The molecule has 94 valence electrons. The summed E-state index contributed by atoms with van der Waals surface area (Å²) in [4.78, 5) is 11.0. The predicted molar refractivity (Wildman–Crippen MR) is 68.3 cm³/mol. The first-order chi connectivity index (χ1) is 8.33. The van der Waals surface area contributed by atoms with E-state index in [1.807, 2.05) is 0 Å². The largest absolute Gasteiger partial charge is 0.396 e. The Morgan fingerprint density at radius 1 is 1.24 bits per heavy atom. The molecule has 0 bridgehead atoms. The molecule has 17 heavy (non-hydrogen) atoms. The molecule has 0 saturated carbocycles. The molecule has 0 aliphatic heterocycles. The van der Waals surface area contributed by atoms with Gasteiger partial charge in [0.25, 0.3) is 0 Å². The Bertz CT molecular complexity index is 368. The third-order valence-electron chi connectivity index (χ3n) is 3.37. The van der Waals surface area contributed by atoms with Crippen molar-refractivity contribution in [2.75, 3.05) is 25.1 Å². The number of nitrogens with zero attached hydrogens (tertiary/aromatic N) is 3. The van der Waals surface area contributed by atoms with E-state index in [1.165, 1.54) is 17.7 Å². The van der Waals surface area contributed by atoms with Crippen molar-refractivity contribution < 1.29 is 5.11 Å². The number of aromatic nitrogens is 2. The van der Waals surface area contributed by atoms with E-state index in [1.54, 1.807) is 6.33 Å². The van der Waals surface area contributed by atoms with Gasteiger partial charge in [0.05, 0.1) is 0 Å². The first kappa shape index (κ1) is 12.3. The van der Waals surface area contributed by atoms with Gasteiger partial charge in [-0.25, -0.2) is 9.97 Å². The monoisotopic (exact) mass is 235 g/mol. The summed E-state index contributed by atoms with van der Waals surface area (Å²) in [7, 11) is 2.10. The second-order valence-corrected chi connectivity index (χ2v) is 4.68. The molecule has 0 fully saturated rings. The lowest BCUT2D eigenvalue weighted by Gasteiger charge is -2.20. The lowest BCUT2D eigenvalue weighted by Crippen LogP contribution is -2.21. The zero-order valence-electron chi connectivity index (χ0n) is 10.5. The lowest BCUT2D eigenvalue weighted by atomic mass is 10.2. The summed E-state index contributed by atoms with van der Waals surface area (Å²) in [6.07, 6.45) is 8.19. The van der Waals surface area contributed by atoms with Crippen molar-refractivity contribution in [3.63, 3.8) is 0 Å². The molecule has 1 aromatic heterocycles. The molecule has 0 unspecified atom stereocenters. The third kappa shape index (κ3) is 2.94. The van der Waals surface area contributed by atoms with E-state index in [2.05, 4.69) is 21.9 Å². The third-order valence-corrected chi connectivity index (χ3v) is 3.37. The number of rotatable bonds is 6. The maximum atomic E-state index is 8.74. The van der Waals surface area contributed by atoms with Gasteiger partial charge in [0.2, 0.25) is 0 Å². The van der Waals surface area contributed by atoms with Gasteiger partial charge in [0.15, 0.2) is 0 Å². The van der Waals surface area contributed by atoms with Crippen LogP contribution in [0.15, 0.2) is 6.33 Å². The van der Waals surface area contributed by atoms with Gasteiger partial charge >= 0.3 is 0 Å². The van der Waals surface area contributed by atoms with Crippen molar-refractivity contribution in [2.45, 2.75) is 38.5 Å². The van der Waals surface area contributed by atoms with Gasteiger partial charge < -0.3 is 10.0 Å². The normalized spacial score (nSPS) is 13.8. The number of fused-ring (bicyclic) bond motifs is 1. The van der Waals surface area contributed by atoms with E-state index in [-0.39, 0.29) is 0 Å². The number of aryl methyl sites for hydroxylation is 1. The fourth-order valence-corrected chi connectivity index (χ4v) is 2.41. The average molecular weight is 235 g/mol. The maximum Gasteiger partial charge on any atom is 0.135 e. The Morgan fingerprint density at radius 3 is 2.94 bits per heavy atom. The molecule has 1 aliphatic rings. The van der Waals surface area contributed by atoms with Gasteiger partial charge in [-0.15, -0.1) is 0 Å². The number of unbranched alkanes of at least 4 members (excludes halogenated alkanes) is 2. The van der Waals surface area contributed by atoms with E-state index in [0.29, 0.717) is 6.61 Å². The minimum Gasteiger partial charge on any atom is -0.396 e. The van der Waals surface area contributed by atoms with Gasteiger partial charge in [-0.1, -0.05) is 0 Å².